The second kappa shape index (κ2) is 4.51. The zero-order valence-corrected chi connectivity index (χ0v) is 9.20. The third-order valence-corrected chi connectivity index (χ3v) is 4.19. The van der Waals surface area contributed by atoms with Crippen LogP contribution in [0.2, 0.25) is 0 Å². The molecular weight excluding hydrogens is 189 g/mol. The maximum absolute atomic E-state index is 12.0. The van der Waals surface area contributed by atoms with Crippen molar-refractivity contribution in [3.05, 3.63) is 0 Å². The second-order valence-corrected chi connectivity index (χ2v) is 5.71. The fourth-order valence-electron chi connectivity index (χ4n) is 1.74. The van der Waals surface area contributed by atoms with Crippen LogP contribution in [0.3, 0.4) is 0 Å². The summed E-state index contributed by atoms with van der Waals surface area (Å²) in [6, 6.07) is 0. The van der Waals surface area contributed by atoms with E-state index in [9.17, 15) is 8.60 Å². The monoisotopic (exact) mass is 207 g/mol. The van der Waals surface area contributed by atoms with E-state index < -0.39 is 10.8 Å². The van der Waals surface area contributed by atoms with Crippen LogP contribution in [0.15, 0.2) is 0 Å². The predicted molar refractivity (Wildman–Crippen MR) is 54.1 cm³/mol. The van der Waals surface area contributed by atoms with Crippen molar-refractivity contribution in [2.75, 3.05) is 31.3 Å². The van der Waals surface area contributed by atoms with E-state index in [0.29, 0.717) is 6.42 Å². The molecule has 1 heterocycles. The van der Waals surface area contributed by atoms with E-state index in [1.807, 2.05) is 0 Å². The van der Waals surface area contributed by atoms with Gasteiger partial charge in [-0.15, -0.1) is 0 Å². The summed E-state index contributed by atoms with van der Waals surface area (Å²) < 4.78 is 23.3. The summed E-state index contributed by atoms with van der Waals surface area (Å²) in [5.74, 6) is 1.47. The minimum absolute atomic E-state index is 0.0156. The molecule has 1 fully saturated rings. The number of halogens is 1. The molecule has 0 spiro atoms. The van der Waals surface area contributed by atoms with Crippen molar-refractivity contribution in [1.29, 1.82) is 0 Å². The fourth-order valence-corrected chi connectivity index (χ4v) is 3.28. The Kier molecular flexibility index (Phi) is 3.86. The normalized spacial score (nSPS) is 29.0. The van der Waals surface area contributed by atoms with E-state index in [4.69, 9.17) is 0 Å². The molecule has 1 aliphatic heterocycles. The minimum Gasteiger partial charge on any atom is -0.296 e. The molecule has 1 rings (SSSR count). The van der Waals surface area contributed by atoms with Crippen LogP contribution in [0.1, 0.15) is 20.3 Å². The summed E-state index contributed by atoms with van der Waals surface area (Å²) in [4.78, 5) is 2.24. The van der Waals surface area contributed by atoms with Crippen molar-refractivity contribution < 1.29 is 8.60 Å². The van der Waals surface area contributed by atoms with Gasteiger partial charge in [-0.25, -0.2) is 0 Å². The van der Waals surface area contributed by atoms with Crippen LogP contribution in [0, 0.1) is 0 Å². The molecule has 0 saturated carbocycles. The van der Waals surface area contributed by atoms with Gasteiger partial charge in [0.2, 0.25) is 0 Å². The molecule has 0 amide bonds. The summed E-state index contributed by atoms with van der Waals surface area (Å²) in [5, 5.41) is 0. The first-order valence-electron chi connectivity index (χ1n) is 4.72. The van der Waals surface area contributed by atoms with E-state index in [2.05, 4.69) is 18.7 Å². The SMILES string of the molecule is CC1(C)CS(=O)CCN1CCCF. The first kappa shape index (κ1) is 11.1. The zero-order valence-electron chi connectivity index (χ0n) is 8.38. The molecule has 1 unspecified atom stereocenters. The van der Waals surface area contributed by atoms with E-state index in [0.717, 1.165) is 24.6 Å². The lowest BCUT2D eigenvalue weighted by Crippen LogP contribution is -2.54. The molecule has 0 aromatic heterocycles. The summed E-state index contributed by atoms with van der Waals surface area (Å²) >= 11 is 0. The summed E-state index contributed by atoms with van der Waals surface area (Å²) in [6.07, 6.45) is 0.593. The molecule has 0 aromatic rings. The molecule has 0 aliphatic carbocycles. The lowest BCUT2D eigenvalue weighted by atomic mass is 10.1. The lowest BCUT2D eigenvalue weighted by molar-refractivity contribution is 0.137. The fraction of sp³-hybridized carbons (Fsp3) is 1.00. The van der Waals surface area contributed by atoms with Gasteiger partial charge >= 0.3 is 0 Å². The van der Waals surface area contributed by atoms with Gasteiger partial charge in [-0.3, -0.25) is 13.5 Å². The van der Waals surface area contributed by atoms with E-state index in [-0.39, 0.29) is 12.2 Å². The Bertz CT molecular complexity index is 196. The summed E-state index contributed by atoms with van der Waals surface area (Å²) in [7, 11) is -0.671. The van der Waals surface area contributed by atoms with Gasteiger partial charge in [0, 0.05) is 40.9 Å². The van der Waals surface area contributed by atoms with Crippen LogP contribution in [0.25, 0.3) is 0 Å². The molecule has 1 saturated heterocycles. The van der Waals surface area contributed by atoms with E-state index in [1.165, 1.54) is 0 Å². The highest BCUT2D eigenvalue weighted by atomic mass is 32.2. The summed E-state index contributed by atoms with van der Waals surface area (Å²) in [5.41, 5.74) is -0.0156. The molecule has 0 N–H and O–H groups in total. The van der Waals surface area contributed by atoms with Crippen LogP contribution in [0.5, 0.6) is 0 Å². The van der Waals surface area contributed by atoms with Gasteiger partial charge in [0.05, 0.1) is 6.67 Å². The van der Waals surface area contributed by atoms with Crippen molar-refractivity contribution in [1.82, 2.24) is 4.90 Å². The third-order valence-electron chi connectivity index (χ3n) is 2.52. The molecule has 0 bridgehead atoms. The Morgan fingerprint density at radius 3 is 2.77 bits per heavy atom. The smallest absolute Gasteiger partial charge is 0.0906 e. The van der Waals surface area contributed by atoms with Gasteiger partial charge in [-0.1, -0.05) is 0 Å². The van der Waals surface area contributed by atoms with E-state index in [1.54, 1.807) is 0 Å². The third kappa shape index (κ3) is 3.02. The minimum atomic E-state index is -0.671. The van der Waals surface area contributed by atoms with Crippen LogP contribution in [-0.2, 0) is 10.8 Å². The topological polar surface area (TPSA) is 20.3 Å². The second-order valence-electron chi connectivity index (χ2n) is 4.13. The lowest BCUT2D eigenvalue weighted by Gasteiger charge is -2.41. The quantitative estimate of drug-likeness (QED) is 0.693. The van der Waals surface area contributed by atoms with E-state index >= 15 is 0 Å². The first-order chi connectivity index (χ1) is 6.06. The van der Waals surface area contributed by atoms with Crippen molar-refractivity contribution in [2.45, 2.75) is 25.8 Å². The number of hydrogen-bond acceptors (Lipinski definition) is 2. The molecule has 0 aromatic carbocycles. The molecule has 0 radical (unpaired) electrons. The maximum atomic E-state index is 12.0. The average Bonchev–Trinajstić information content (AvgIpc) is 2.01. The van der Waals surface area contributed by atoms with Crippen LogP contribution >= 0.6 is 0 Å². The maximum Gasteiger partial charge on any atom is 0.0906 e. The zero-order chi connectivity index (χ0) is 9.90. The largest absolute Gasteiger partial charge is 0.296 e. The standard InChI is InChI=1S/C9H18FNOS/c1-9(2)8-13(12)7-6-11(9)5-3-4-10/h3-8H2,1-2H3. The highest BCUT2D eigenvalue weighted by Gasteiger charge is 2.32. The highest BCUT2D eigenvalue weighted by molar-refractivity contribution is 7.85. The van der Waals surface area contributed by atoms with Crippen molar-refractivity contribution in [3.63, 3.8) is 0 Å². The number of rotatable bonds is 3. The van der Waals surface area contributed by atoms with Crippen molar-refractivity contribution in [3.8, 4) is 0 Å². The average molecular weight is 207 g/mol. The van der Waals surface area contributed by atoms with Crippen LogP contribution in [-0.4, -0.2) is 45.9 Å². The highest BCUT2D eigenvalue weighted by Crippen LogP contribution is 2.20. The number of alkyl halides is 1. The van der Waals surface area contributed by atoms with Gasteiger partial charge < -0.3 is 0 Å². The molecule has 13 heavy (non-hydrogen) atoms. The molecule has 1 aliphatic rings. The van der Waals surface area contributed by atoms with Gasteiger partial charge in [-0.2, -0.15) is 0 Å². The molecule has 4 heteroatoms. The Morgan fingerprint density at radius 1 is 1.54 bits per heavy atom. The van der Waals surface area contributed by atoms with Gasteiger partial charge in [0.25, 0.3) is 0 Å². The number of hydrogen-bond donors (Lipinski definition) is 0. The molecule has 2 nitrogen and oxygen atoms in total. The first-order valence-corrected chi connectivity index (χ1v) is 6.21. The summed E-state index contributed by atoms with van der Waals surface area (Å²) in [6.45, 7) is 5.56. The molecule has 1 atom stereocenters. The van der Waals surface area contributed by atoms with Crippen molar-refractivity contribution in [2.24, 2.45) is 0 Å². The number of nitrogens with zero attached hydrogens (tertiary/aromatic N) is 1. The molecule has 78 valence electrons. The molecular formula is C9H18FNOS. The van der Waals surface area contributed by atoms with Gasteiger partial charge in [0.1, 0.15) is 0 Å². The Labute approximate surface area is 82.0 Å². The van der Waals surface area contributed by atoms with Crippen LogP contribution < -0.4 is 0 Å². The Hall–Kier alpha value is 0.0400. The Balaban J connectivity index is 2.49. The van der Waals surface area contributed by atoms with Gasteiger partial charge in [0.15, 0.2) is 0 Å². The van der Waals surface area contributed by atoms with Gasteiger partial charge in [-0.05, 0) is 20.3 Å². The van der Waals surface area contributed by atoms with Crippen molar-refractivity contribution >= 4 is 10.8 Å². The predicted octanol–water partition coefficient (Wildman–Crippen LogP) is 1.19. The van der Waals surface area contributed by atoms with Crippen LogP contribution in [0.4, 0.5) is 4.39 Å². The Morgan fingerprint density at radius 2 is 2.23 bits per heavy atom.